The molecule has 0 bridgehead atoms. The summed E-state index contributed by atoms with van der Waals surface area (Å²) >= 11 is 11.9. The standard InChI is InChI=1S/C16H12Cl2N2O4S/c17-11-3-6-13(14(18)7-11)15(8-16(21)22)20-25(23,24)12-4-1-10(9-19)2-5-12/h1-7,15,20H,8H2,(H,21,22). The predicted molar refractivity (Wildman–Crippen MR) is 92.9 cm³/mol. The summed E-state index contributed by atoms with van der Waals surface area (Å²) in [4.78, 5) is 11.0. The number of nitriles is 1. The maximum atomic E-state index is 12.5. The Hall–Kier alpha value is -2.11. The maximum absolute atomic E-state index is 12.5. The molecule has 2 aromatic carbocycles. The van der Waals surface area contributed by atoms with E-state index in [1.165, 1.54) is 42.5 Å². The lowest BCUT2D eigenvalue weighted by molar-refractivity contribution is -0.137. The van der Waals surface area contributed by atoms with Gasteiger partial charge in [-0.15, -0.1) is 0 Å². The first-order valence-corrected chi connectivity index (χ1v) is 9.16. The van der Waals surface area contributed by atoms with Crippen molar-refractivity contribution in [1.82, 2.24) is 4.72 Å². The third-order valence-corrected chi connectivity index (χ3v) is 5.36. The smallest absolute Gasteiger partial charge is 0.305 e. The average Bonchev–Trinajstić information content (AvgIpc) is 2.53. The molecule has 0 aliphatic heterocycles. The molecule has 0 heterocycles. The summed E-state index contributed by atoms with van der Waals surface area (Å²) in [5, 5.41) is 18.4. The monoisotopic (exact) mass is 398 g/mol. The SMILES string of the molecule is N#Cc1ccc(S(=O)(=O)NC(CC(=O)O)c2ccc(Cl)cc2Cl)cc1. The minimum Gasteiger partial charge on any atom is -0.481 e. The Bertz CT molecular complexity index is 938. The van der Waals surface area contributed by atoms with E-state index in [1.54, 1.807) is 0 Å². The highest BCUT2D eigenvalue weighted by Gasteiger charge is 2.25. The minimum absolute atomic E-state index is 0.0908. The van der Waals surface area contributed by atoms with Crippen LogP contribution in [-0.4, -0.2) is 19.5 Å². The number of carboxylic acid groups (broad SMARTS) is 1. The van der Waals surface area contributed by atoms with E-state index < -0.39 is 28.5 Å². The van der Waals surface area contributed by atoms with E-state index in [4.69, 9.17) is 33.6 Å². The number of sulfonamides is 1. The molecule has 1 atom stereocenters. The maximum Gasteiger partial charge on any atom is 0.305 e. The lowest BCUT2D eigenvalue weighted by atomic mass is 10.1. The van der Waals surface area contributed by atoms with Crippen molar-refractivity contribution in [3.8, 4) is 6.07 Å². The summed E-state index contributed by atoms with van der Waals surface area (Å²) in [7, 11) is -4.02. The Morgan fingerprint density at radius 2 is 1.84 bits per heavy atom. The van der Waals surface area contributed by atoms with E-state index in [0.29, 0.717) is 16.1 Å². The number of hydrogen-bond donors (Lipinski definition) is 2. The van der Waals surface area contributed by atoms with Gasteiger partial charge in [0.15, 0.2) is 0 Å². The van der Waals surface area contributed by atoms with E-state index >= 15 is 0 Å². The molecule has 25 heavy (non-hydrogen) atoms. The molecule has 0 radical (unpaired) electrons. The second-order valence-electron chi connectivity index (χ2n) is 5.07. The molecule has 0 aliphatic rings. The van der Waals surface area contributed by atoms with Gasteiger partial charge in [-0.25, -0.2) is 13.1 Å². The van der Waals surface area contributed by atoms with Crippen molar-refractivity contribution in [2.24, 2.45) is 0 Å². The van der Waals surface area contributed by atoms with Crippen molar-refractivity contribution in [2.75, 3.05) is 0 Å². The average molecular weight is 399 g/mol. The van der Waals surface area contributed by atoms with Gasteiger partial charge in [0, 0.05) is 10.0 Å². The largest absolute Gasteiger partial charge is 0.481 e. The molecule has 0 saturated heterocycles. The third-order valence-electron chi connectivity index (χ3n) is 3.31. The van der Waals surface area contributed by atoms with Crippen molar-refractivity contribution >= 4 is 39.2 Å². The van der Waals surface area contributed by atoms with Crippen LogP contribution >= 0.6 is 23.2 Å². The number of nitrogens with zero attached hydrogens (tertiary/aromatic N) is 1. The first-order valence-electron chi connectivity index (χ1n) is 6.92. The summed E-state index contributed by atoms with van der Waals surface area (Å²) in [6.45, 7) is 0. The summed E-state index contributed by atoms with van der Waals surface area (Å²) in [5.74, 6) is -1.20. The molecule has 0 saturated carbocycles. The summed E-state index contributed by atoms with van der Waals surface area (Å²) in [6.07, 6.45) is -0.503. The van der Waals surface area contributed by atoms with Gasteiger partial charge >= 0.3 is 5.97 Å². The molecule has 130 valence electrons. The molecule has 2 rings (SSSR count). The van der Waals surface area contributed by atoms with Crippen LogP contribution in [0.5, 0.6) is 0 Å². The van der Waals surface area contributed by atoms with E-state index in [-0.39, 0.29) is 9.92 Å². The van der Waals surface area contributed by atoms with E-state index in [9.17, 15) is 13.2 Å². The van der Waals surface area contributed by atoms with Gasteiger partial charge in [0.25, 0.3) is 0 Å². The second kappa shape index (κ2) is 7.85. The minimum atomic E-state index is -4.02. The molecule has 0 amide bonds. The molecule has 0 aliphatic carbocycles. The summed E-state index contributed by atoms with van der Waals surface area (Å²) in [6, 6.07) is 10.4. The van der Waals surface area contributed by atoms with E-state index in [2.05, 4.69) is 4.72 Å². The summed E-state index contributed by atoms with van der Waals surface area (Å²) < 4.78 is 27.4. The Morgan fingerprint density at radius 1 is 1.20 bits per heavy atom. The normalized spacial score (nSPS) is 12.4. The van der Waals surface area contributed by atoms with Crippen molar-refractivity contribution in [3.63, 3.8) is 0 Å². The van der Waals surface area contributed by atoms with Crippen LogP contribution in [0.3, 0.4) is 0 Å². The van der Waals surface area contributed by atoms with Crippen LogP contribution in [0.2, 0.25) is 10.0 Å². The van der Waals surface area contributed by atoms with Gasteiger partial charge in [-0.2, -0.15) is 5.26 Å². The molecule has 1 unspecified atom stereocenters. The van der Waals surface area contributed by atoms with Crippen LogP contribution in [0.1, 0.15) is 23.6 Å². The van der Waals surface area contributed by atoms with Gasteiger partial charge in [0.2, 0.25) is 10.0 Å². The number of carboxylic acids is 1. The van der Waals surface area contributed by atoms with Crippen LogP contribution in [0, 0.1) is 11.3 Å². The quantitative estimate of drug-likeness (QED) is 0.775. The van der Waals surface area contributed by atoms with Crippen LogP contribution in [0.4, 0.5) is 0 Å². The van der Waals surface area contributed by atoms with E-state index in [0.717, 1.165) is 0 Å². The van der Waals surface area contributed by atoms with Gasteiger partial charge in [0.1, 0.15) is 0 Å². The van der Waals surface area contributed by atoms with E-state index in [1.807, 2.05) is 6.07 Å². The van der Waals surface area contributed by atoms with Crippen LogP contribution in [0.15, 0.2) is 47.4 Å². The fraction of sp³-hybridized carbons (Fsp3) is 0.125. The zero-order valence-electron chi connectivity index (χ0n) is 12.6. The Balaban J connectivity index is 2.38. The third kappa shape index (κ3) is 4.94. The number of halogens is 2. The highest BCUT2D eigenvalue weighted by molar-refractivity contribution is 7.89. The zero-order valence-corrected chi connectivity index (χ0v) is 14.9. The molecule has 0 aromatic heterocycles. The fourth-order valence-electron chi connectivity index (χ4n) is 2.14. The molecule has 0 fully saturated rings. The second-order valence-corrected chi connectivity index (χ2v) is 7.63. The predicted octanol–water partition coefficient (Wildman–Crippen LogP) is 3.36. The van der Waals surface area contributed by atoms with Gasteiger partial charge in [-0.3, -0.25) is 4.79 Å². The van der Waals surface area contributed by atoms with Crippen LogP contribution < -0.4 is 4.72 Å². The molecule has 6 nitrogen and oxygen atoms in total. The van der Waals surface area contributed by atoms with Gasteiger partial charge in [-0.05, 0) is 42.0 Å². The van der Waals surface area contributed by atoms with Gasteiger partial charge < -0.3 is 5.11 Å². The van der Waals surface area contributed by atoms with Crippen molar-refractivity contribution in [3.05, 3.63) is 63.6 Å². The number of benzene rings is 2. The molecular formula is C16H12Cl2N2O4S. The van der Waals surface area contributed by atoms with Crippen molar-refractivity contribution < 1.29 is 18.3 Å². The lowest BCUT2D eigenvalue weighted by Gasteiger charge is -2.19. The summed E-state index contributed by atoms with van der Waals surface area (Å²) in [5.41, 5.74) is 0.604. The lowest BCUT2D eigenvalue weighted by Crippen LogP contribution is -2.30. The Morgan fingerprint density at radius 3 is 2.36 bits per heavy atom. The molecule has 2 N–H and O–H groups in total. The molecule has 2 aromatic rings. The zero-order chi connectivity index (χ0) is 18.6. The van der Waals surface area contributed by atoms with Crippen molar-refractivity contribution in [1.29, 1.82) is 5.26 Å². The van der Waals surface area contributed by atoms with Crippen molar-refractivity contribution in [2.45, 2.75) is 17.4 Å². The topological polar surface area (TPSA) is 107 Å². The molecule has 0 spiro atoms. The number of nitrogens with one attached hydrogen (secondary N) is 1. The van der Waals surface area contributed by atoms with Crippen LogP contribution in [0.25, 0.3) is 0 Å². The Kier molecular flexibility index (Phi) is 6.03. The molecule has 9 heteroatoms. The highest BCUT2D eigenvalue weighted by atomic mass is 35.5. The number of aliphatic carboxylic acids is 1. The Labute approximate surface area is 154 Å². The van der Waals surface area contributed by atoms with Gasteiger partial charge in [-0.1, -0.05) is 29.3 Å². The van der Waals surface area contributed by atoms with Gasteiger partial charge in [0.05, 0.1) is 29.0 Å². The number of carbonyl (C=O) groups is 1. The molecular weight excluding hydrogens is 387 g/mol. The first-order chi connectivity index (χ1) is 11.7. The highest BCUT2D eigenvalue weighted by Crippen LogP contribution is 2.29. The van der Waals surface area contributed by atoms with Crippen LogP contribution in [-0.2, 0) is 14.8 Å². The number of rotatable bonds is 6. The number of hydrogen-bond acceptors (Lipinski definition) is 4. The fourth-order valence-corrected chi connectivity index (χ4v) is 3.89. The first kappa shape index (κ1) is 19.2.